The van der Waals surface area contributed by atoms with Crippen LogP contribution in [0.5, 0.6) is 0 Å². The van der Waals surface area contributed by atoms with Crippen LogP contribution in [0.3, 0.4) is 0 Å². The maximum absolute atomic E-state index is 12.5. The predicted molar refractivity (Wildman–Crippen MR) is 96.9 cm³/mol. The number of anilines is 1. The molecule has 2 saturated heterocycles. The number of aromatic nitrogens is 1. The van der Waals surface area contributed by atoms with E-state index in [-0.39, 0.29) is 12.1 Å². The van der Waals surface area contributed by atoms with Crippen molar-refractivity contribution in [2.24, 2.45) is 0 Å². The van der Waals surface area contributed by atoms with Crippen LogP contribution in [-0.2, 0) is 9.47 Å². The number of aryl methyl sites for hydroxylation is 1. The van der Waals surface area contributed by atoms with Crippen LogP contribution in [0.25, 0.3) is 0 Å². The molecule has 6 heteroatoms. The average Bonchev–Trinajstić information content (AvgIpc) is 3.03. The second kappa shape index (κ2) is 7.20. The van der Waals surface area contributed by atoms with Crippen molar-refractivity contribution in [3.05, 3.63) is 23.4 Å². The van der Waals surface area contributed by atoms with Gasteiger partial charge in [-0.1, -0.05) is 0 Å². The molecule has 0 radical (unpaired) electrons. The fraction of sp³-hybridized carbons (Fsp3) is 0.684. The molecule has 0 spiro atoms. The van der Waals surface area contributed by atoms with Crippen LogP contribution < -0.4 is 4.90 Å². The minimum Gasteiger partial charge on any atom is -0.444 e. The number of carbonyl (C=O) groups excluding carboxylic acids is 1. The van der Waals surface area contributed by atoms with Crippen molar-refractivity contribution in [3.63, 3.8) is 0 Å². The van der Waals surface area contributed by atoms with Crippen LogP contribution >= 0.6 is 0 Å². The van der Waals surface area contributed by atoms with Gasteiger partial charge in [0, 0.05) is 25.8 Å². The third kappa shape index (κ3) is 4.24. The quantitative estimate of drug-likeness (QED) is 0.822. The second-order valence-electron chi connectivity index (χ2n) is 7.83. The maximum atomic E-state index is 12.5. The van der Waals surface area contributed by atoms with Crippen molar-refractivity contribution in [2.45, 2.75) is 52.2 Å². The Kier molecular flexibility index (Phi) is 5.18. The summed E-state index contributed by atoms with van der Waals surface area (Å²) in [7, 11) is 0. The van der Waals surface area contributed by atoms with Gasteiger partial charge in [0.2, 0.25) is 0 Å². The van der Waals surface area contributed by atoms with Crippen molar-refractivity contribution in [1.82, 2.24) is 9.88 Å². The van der Waals surface area contributed by atoms with Crippen LogP contribution in [0.1, 0.15) is 50.8 Å². The molecule has 1 aromatic heterocycles. The number of hydrogen-bond acceptors (Lipinski definition) is 5. The van der Waals surface area contributed by atoms with E-state index >= 15 is 0 Å². The number of rotatable bonds is 2. The first kappa shape index (κ1) is 18.0. The molecule has 3 rings (SSSR count). The van der Waals surface area contributed by atoms with Crippen molar-refractivity contribution in [1.29, 1.82) is 0 Å². The third-order valence-electron chi connectivity index (χ3n) is 4.71. The molecule has 0 N–H and O–H groups in total. The lowest BCUT2D eigenvalue weighted by molar-refractivity contribution is 0.0224. The van der Waals surface area contributed by atoms with Gasteiger partial charge in [-0.05, 0) is 57.7 Å². The lowest BCUT2D eigenvalue weighted by atomic mass is 10.0. The largest absolute Gasteiger partial charge is 0.444 e. The summed E-state index contributed by atoms with van der Waals surface area (Å²) in [6.45, 7) is 11.8. The van der Waals surface area contributed by atoms with Crippen molar-refractivity contribution < 1.29 is 14.3 Å². The first-order chi connectivity index (χ1) is 11.8. The minimum absolute atomic E-state index is 0.0566. The first-order valence-corrected chi connectivity index (χ1v) is 9.14. The number of carbonyl (C=O) groups is 1. The zero-order valence-corrected chi connectivity index (χ0v) is 15.7. The Bertz CT molecular complexity index is 621. The van der Waals surface area contributed by atoms with Gasteiger partial charge < -0.3 is 19.3 Å². The number of nitrogens with zero attached hydrogens (tertiary/aromatic N) is 3. The first-order valence-electron chi connectivity index (χ1n) is 9.14. The van der Waals surface area contributed by atoms with Gasteiger partial charge in [-0.25, -0.2) is 9.78 Å². The van der Waals surface area contributed by atoms with E-state index in [2.05, 4.69) is 22.9 Å². The summed E-state index contributed by atoms with van der Waals surface area (Å²) in [6, 6.07) is 2.19. The molecule has 6 nitrogen and oxygen atoms in total. The average molecular weight is 347 g/mol. The zero-order chi connectivity index (χ0) is 18.0. The van der Waals surface area contributed by atoms with E-state index in [1.54, 1.807) is 0 Å². The van der Waals surface area contributed by atoms with E-state index in [0.29, 0.717) is 0 Å². The van der Waals surface area contributed by atoms with Crippen LogP contribution in [-0.4, -0.2) is 54.4 Å². The second-order valence-corrected chi connectivity index (χ2v) is 7.83. The molecule has 0 aromatic carbocycles. The minimum atomic E-state index is -0.474. The van der Waals surface area contributed by atoms with E-state index in [1.165, 1.54) is 5.56 Å². The number of pyridine rings is 1. The topological polar surface area (TPSA) is 54.9 Å². The standard InChI is InChI=1S/C19H29N3O3/c1-14-12-17(21-8-10-24-11-9-21)20-13-15(14)16-6-5-7-22(16)18(23)25-19(2,3)4/h12-13,16H,5-11H2,1-4H3/t16-/m1/s1. The summed E-state index contributed by atoms with van der Waals surface area (Å²) < 4.78 is 11.0. The van der Waals surface area contributed by atoms with Crippen molar-refractivity contribution >= 4 is 11.9 Å². The SMILES string of the molecule is Cc1cc(N2CCOCC2)ncc1[C@H]1CCCN1C(=O)OC(C)(C)C. The van der Waals surface area contributed by atoms with Crippen LogP contribution in [0.4, 0.5) is 10.6 Å². The van der Waals surface area contributed by atoms with Crippen molar-refractivity contribution in [3.8, 4) is 0 Å². The van der Waals surface area contributed by atoms with Crippen LogP contribution in [0.15, 0.2) is 12.3 Å². The highest BCUT2D eigenvalue weighted by Crippen LogP contribution is 2.35. The molecular weight excluding hydrogens is 318 g/mol. The molecule has 1 amide bonds. The smallest absolute Gasteiger partial charge is 0.410 e. The Labute approximate surface area is 150 Å². The molecule has 0 bridgehead atoms. The van der Waals surface area contributed by atoms with Gasteiger partial charge in [0.05, 0.1) is 19.3 Å². The lowest BCUT2D eigenvalue weighted by Crippen LogP contribution is -2.37. The molecule has 3 heterocycles. The molecule has 1 atom stereocenters. The number of ether oxygens (including phenoxy) is 2. The summed E-state index contributed by atoms with van der Waals surface area (Å²) in [5.74, 6) is 0.992. The van der Waals surface area contributed by atoms with Gasteiger partial charge in [0.25, 0.3) is 0 Å². The van der Waals surface area contributed by atoms with E-state index < -0.39 is 5.60 Å². The van der Waals surface area contributed by atoms with Crippen LogP contribution in [0, 0.1) is 6.92 Å². The van der Waals surface area contributed by atoms with Gasteiger partial charge in [0.1, 0.15) is 11.4 Å². The van der Waals surface area contributed by atoms with E-state index in [4.69, 9.17) is 9.47 Å². The normalized spacial score (nSPS) is 21.5. The molecule has 2 aliphatic heterocycles. The van der Waals surface area contributed by atoms with E-state index in [1.807, 2.05) is 31.9 Å². The highest BCUT2D eigenvalue weighted by Gasteiger charge is 2.34. The molecule has 2 aliphatic rings. The Hall–Kier alpha value is -1.82. The maximum Gasteiger partial charge on any atom is 0.410 e. The molecule has 0 unspecified atom stereocenters. The molecule has 25 heavy (non-hydrogen) atoms. The summed E-state index contributed by atoms with van der Waals surface area (Å²) in [4.78, 5) is 21.3. The van der Waals surface area contributed by atoms with Crippen molar-refractivity contribution in [2.75, 3.05) is 37.7 Å². The Balaban J connectivity index is 1.77. The molecule has 2 fully saturated rings. The predicted octanol–water partition coefficient (Wildman–Crippen LogP) is 3.30. The number of likely N-dealkylation sites (tertiary alicyclic amines) is 1. The lowest BCUT2D eigenvalue weighted by Gasteiger charge is -2.31. The highest BCUT2D eigenvalue weighted by atomic mass is 16.6. The van der Waals surface area contributed by atoms with E-state index in [0.717, 1.165) is 57.1 Å². The molecule has 138 valence electrons. The van der Waals surface area contributed by atoms with Gasteiger partial charge in [-0.15, -0.1) is 0 Å². The summed E-state index contributed by atoms with van der Waals surface area (Å²) in [5.41, 5.74) is 1.83. The Morgan fingerprint density at radius 3 is 2.64 bits per heavy atom. The summed E-state index contributed by atoms with van der Waals surface area (Å²) in [5, 5.41) is 0. The van der Waals surface area contributed by atoms with Gasteiger partial charge >= 0.3 is 6.09 Å². The molecule has 1 aromatic rings. The molecule has 0 aliphatic carbocycles. The monoisotopic (exact) mass is 347 g/mol. The van der Waals surface area contributed by atoms with Gasteiger partial charge in [-0.2, -0.15) is 0 Å². The fourth-order valence-corrected chi connectivity index (χ4v) is 3.50. The summed E-state index contributed by atoms with van der Waals surface area (Å²) >= 11 is 0. The molecule has 0 saturated carbocycles. The number of morpholine rings is 1. The van der Waals surface area contributed by atoms with Crippen LogP contribution in [0.2, 0.25) is 0 Å². The fourth-order valence-electron chi connectivity index (χ4n) is 3.50. The number of hydrogen-bond donors (Lipinski definition) is 0. The van der Waals surface area contributed by atoms with E-state index in [9.17, 15) is 4.79 Å². The summed E-state index contributed by atoms with van der Waals surface area (Å²) in [6.07, 6.45) is 3.66. The zero-order valence-electron chi connectivity index (χ0n) is 15.7. The van der Waals surface area contributed by atoms with Gasteiger partial charge in [-0.3, -0.25) is 0 Å². The third-order valence-corrected chi connectivity index (χ3v) is 4.71. The Morgan fingerprint density at radius 2 is 2.00 bits per heavy atom. The Morgan fingerprint density at radius 1 is 1.28 bits per heavy atom. The van der Waals surface area contributed by atoms with Gasteiger partial charge in [0.15, 0.2) is 0 Å². The number of amides is 1. The molecular formula is C19H29N3O3. The highest BCUT2D eigenvalue weighted by molar-refractivity contribution is 5.69.